The van der Waals surface area contributed by atoms with Crippen molar-refractivity contribution in [3.8, 4) is 5.75 Å². The normalized spacial score (nSPS) is 10.8. The number of nitro benzene ring substituents is 1. The van der Waals surface area contributed by atoms with Gasteiger partial charge in [0.1, 0.15) is 11.5 Å². The van der Waals surface area contributed by atoms with Crippen LogP contribution in [0, 0.1) is 27.7 Å². The third-order valence-electron chi connectivity index (χ3n) is 2.98. The molecule has 9 heteroatoms. The number of carbonyl (C=O) groups is 1. The Hall–Kier alpha value is -2.43. The molecule has 126 valence electrons. The molecule has 0 radical (unpaired) electrons. The van der Waals surface area contributed by atoms with Crippen LogP contribution in [-0.2, 0) is 4.79 Å². The fourth-order valence-electron chi connectivity index (χ4n) is 2.00. The smallest absolute Gasteiger partial charge is 0.277 e. The fraction of sp³-hybridized carbons (Fsp3) is 0.200. The first-order chi connectivity index (χ1) is 11.4. The number of nitrogens with zero attached hydrogens (tertiary/aromatic N) is 2. The van der Waals surface area contributed by atoms with Gasteiger partial charge in [0.05, 0.1) is 11.1 Å². The average molecular weight is 443 g/mol. The monoisotopic (exact) mass is 443 g/mol. The van der Waals surface area contributed by atoms with Crippen LogP contribution >= 0.6 is 22.6 Å². The summed E-state index contributed by atoms with van der Waals surface area (Å²) in [4.78, 5) is 22.0. The molecule has 1 amide bonds. The highest BCUT2D eigenvalue weighted by atomic mass is 127. The summed E-state index contributed by atoms with van der Waals surface area (Å²) in [7, 11) is 0. The van der Waals surface area contributed by atoms with Gasteiger partial charge in [0.25, 0.3) is 11.6 Å². The van der Waals surface area contributed by atoms with Crippen molar-refractivity contribution in [2.45, 2.75) is 13.8 Å². The molecule has 0 unspecified atom stereocenters. The second-order valence-corrected chi connectivity index (χ2v) is 5.95. The number of benzene rings is 1. The van der Waals surface area contributed by atoms with E-state index in [1.165, 1.54) is 18.3 Å². The van der Waals surface area contributed by atoms with Crippen molar-refractivity contribution in [2.75, 3.05) is 6.61 Å². The minimum Gasteiger partial charge on any atom is -0.483 e. The number of carbonyl (C=O) groups excluding carboxylic acids is 1. The topological polar surface area (TPSA) is 107 Å². The molecule has 1 aromatic heterocycles. The highest BCUT2D eigenvalue weighted by molar-refractivity contribution is 14.1. The van der Waals surface area contributed by atoms with Crippen molar-refractivity contribution in [3.63, 3.8) is 0 Å². The number of nitro groups is 1. The summed E-state index contributed by atoms with van der Waals surface area (Å²) < 4.78 is 11.4. The average Bonchev–Trinajstić information content (AvgIpc) is 2.91. The Labute approximate surface area is 151 Å². The van der Waals surface area contributed by atoms with Gasteiger partial charge in [-0.25, -0.2) is 5.43 Å². The maximum Gasteiger partial charge on any atom is 0.277 e. The summed E-state index contributed by atoms with van der Waals surface area (Å²) in [5.74, 6) is 0.507. The molecule has 8 nitrogen and oxygen atoms in total. The fourth-order valence-corrected chi connectivity index (χ4v) is 2.43. The highest BCUT2D eigenvalue weighted by Gasteiger charge is 2.14. The molecule has 2 rings (SSSR count). The summed E-state index contributed by atoms with van der Waals surface area (Å²) in [6.45, 7) is 3.11. The molecule has 0 aliphatic rings. The molecule has 0 saturated carbocycles. The standard InChI is InChI=1S/C15H14IN3O5/c1-9-5-11(19(21)22)6-10(2)15(9)23-8-14(20)18-17-7-12-3-4-13(16)24-12/h3-7H,8H2,1-2H3,(H,18,20)/b17-7-. The maximum atomic E-state index is 11.7. The van der Waals surface area contributed by atoms with Gasteiger partial charge < -0.3 is 9.15 Å². The minimum atomic E-state index is -0.471. The lowest BCUT2D eigenvalue weighted by molar-refractivity contribution is -0.385. The predicted molar refractivity (Wildman–Crippen MR) is 95.2 cm³/mol. The van der Waals surface area contributed by atoms with E-state index in [1.807, 2.05) is 22.6 Å². The Kier molecular flexibility index (Phi) is 5.90. The number of hydrogen-bond donors (Lipinski definition) is 1. The van der Waals surface area contributed by atoms with Crippen LogP contribution in [0.2, 0.25) is 0 Å². The number of halogens is 1. The van der Waals surface area contributed by atoms with Gasteiger partial charge in [-0.15, -0.1) is 0 Å². The van der Waals surface area contributed by atoms with Gasteiger partial charge in [-0.3, -0.25) is 14.9 Å². The van der Waals surface area contributed by atoms with Gasteiger partial charge in [-0.2, -0.15) is 5.10 Å². The number of hydrogen-bond acceptors (Lipinski definition) is 6. The van der Waals surface area contributed by atoms with Gasteiger partial charge in [-0.1, -0.05) is 0 Å². The lowest BCUT2D eigenvalue weighted by Crippen LogP contribution is -2.25. The second-order valence-electron chi connectivity index (χ2n) is 4.89. The first kappa shape index (κ1) is 17.9. The van der Waals surface area contributed by atoms with Crippen molar-refractivity contribution in [2.24, 2.45) is 5.10 Å². The van der Waals surface area contributed by atoms with Crippen LogP contribution in [0.25, 0.3) is 0 Å². The number of non-ortho nitro benzene ring substituents is 1. The molecule has 1 N–H and O–H groups in total. The Morgan fingerprint density at radius 1 is 1.42 bits per heavy atom. The second kappa shape index (κ2) is 7.90. The lowest BCUT2D eigenvalue weighted by Gasteiger charge is -2.11. The minimum absolute atomic E-state index is 0.0144. The number of hydrazone groups is 1. The Morgan fingerprint density at radius 3 is 2.62 bits per heavy atom. The van der Waals surface area contributed by atoms with E-state index >= 15 is 0 Å². The SMILES string of the molecule is Cc1cc([N+](=O)[O-])cc(C)c1OCC(=O)N/N=C\c1ccc(I)o1. The summed E-state index contributed by atoms with van der Waals surface area (Å²) in [5.41, 5.74) is 3.47. The van der Waals surface area contributed by atoms with E-state index in [4.69, 9.17) is 9.15 Å². The molecule has 24 heavy (non-hydrogen) atoms. The van der Waals surface area contributed by atoms with E-state index in [0.29, 0.717) is 26.4 Å². The molecule has 0 aliphatic heterocycles. The van der Waals surface area contributed by atoms with E-state index in [9.17, 15) is 14.9 Å². The van der Waals surface area contributed by atoms with Gasteiger partial charge in [0.15, 0.2) is 10.4 Å². The van der Waals surface area contributed by atoms with Crippen LogP contribution in [0.5, 0.6) is 5.75 Å². The van der Waals surface area contributed by atoms with Gasteiger partial charge in [-0.05, 0) is 59.7 Å². The lowest BCUT2D eigenvalue weighted by atomic mass is 10.1. The molecule has 0 fully saturated rings. The van der Waals surface area contributed by atoms with Crippen molar-refractivity contribution < 1.29 is 18.9 Å². The Bertz CT molecular complexity index is 777. The molecule has 0 saturated heterocycles. The molecule has 1 aromatic carbocycles. The van der Waals surface area contributed by atoms with Crippen LogP contribution in [0.3, 0.4) is 0 Å². The number of aryl methyl sites for hydroxylation is 2. The van der Waals surface area contributed by atoms with E-state index in [0.717, 1.165) is 0 Å². The Balaban J connectivity index is 1.92. The summed E-state index contributed by atoms with van der Waals surface area (Å²) in [5, 5.41) is 14.6. The summed E-state index contributed by atoms with van der Waals surface area (Å²) >= 11 is 2.02. The first-order valence-corrected chi connectivity index (χ1v) is 7.90. The van der Waals surface area contributed by atoms with E-state index in [-0.39, 0.29) is 12.3 Å². The molecule has 2 aromatic rings. The van der Waals surface area contributed by atoms with E-state index in [2.05, 4.69) is 10.5 Å². The highest BCUT2D eigenvalue weighted by Crippen LogP contribution is 2.28. The zero-order valence-corrected chi connectivity index (χ0v) is 15.1. The molecule has 1 heterocycles. The quantitative estimate of drug-likeness (QED) is 0.320. The van der Waals surface area contributed by atoms with E-state index in [1.54, 1.807) is 26.0 Å². The van der Waals surface area contributed by atoms with Gasteiger partial charge in [0.2, 0.25) is 0 Å². The number of nitrogens with one attached hydrogen (secondary N) is 1. The zero-order chi connectivity index (χ0) is 17.7. The third kappa shape index (κ3) is 4.78. The van der Waals surface area contributed by atoms with Crippen LogP contribution in [-0.4, -0.2) is 23.7 Å². The van der Waals surface area contributed by atoms with Crippen molar-refractivity contribution >= 4 is 40.4 Å². The van der Waals surface area contributed by atoms with Crippen molar-refractivity contribution in [1.82, 2.24) is 5.43 Å². The number of furan rings is 1. The van der Waals surface area contributed by atoms with Crippen LogP contribution < -0.4 is 10.2 Å². The maximum absolute atomic E-state index is 11.7. The predicted octanol–water partition coefficient (Wildman–Crippen LogP) is 2.94. The molecule has 0 spiro atoms. The largest absolute Gasteiger partial charge is 0.483 e. The molecule has 0 atom stereocenters. The molecule has 0 bridgehead atoms. The molecular formula is C15H14IN3O5. The first-order valence-electron chi connectivity index (χ1n) is 6.82. The molecular weight excluding hydrogens is 429 g/mol. The number of amides is 1. The summed E-state index contributed by atoms with van der Waals surface area (Å²) in [6, 6.07) is 6.29. The van der Waals surface area contributed by atoms with Crippen LogP contribution in [0.4, 0.5) is 5.69 Å². The molecule has 0 aliphatic carbocycles. The summed E-state index contributed by atoms with van der Waals surface area (Å²) in [6.07, 6.45) is 1.38. The number of rotatable bonds is 6. The van der Waals surface area contributed by atoms with Crippen molar-refractivity contribution in [3.05, 3.63) is 55.0 Å². The zero-order valence-electron chi connectivity index (χ0n) is 12.9. The number of ether oxygens (including phenoxy) is 1. The van der Waals surface area contributed by atoms with E-state index < -0.39 is 10.8 Å². The van der Waals surface area contributed by atoms with Gasteiger partial charge >= 0.3 is 0 Å². The van der Waals surface area contributed by atoms with Crippen molar-refractivity contribution in [1.29, 1.82) is 0 Å². The van der Waals surface area contributed by atoms with Gasteiger partial charge in [0, 0.05) is 12.1 Å². The van der Waals surface area contributed by atoms with Crippen LogP contribution in [0.15, 0.2) is 33.8 Å². The Morgan fingerprint density at radius 2 is 2.08 bits per heavy atom. The third-order valence-corrected chi connectivity index (χ3v) is 3.56. The van der Waals surface area contributed by atoms with Crippen LogP contribution in [0.1, 0.15) is 16.9 Å².